The number of anilines is 1. The van der Waals surface area contributed by atoms with Gasteiger partial charge in [-0.15, -0.1) is 10.2 Å². The summed E-state index contributed by atoms with van der Waals surface area (Å²) < 4.78 is 77.7. The van der Waals surface area contributed by atoms with E-state index in [4.69, 9.17) is 20.0 Å². The maximum atomic E-state index is 15.9. The molecule has 354 valence electrons. The van der Waals surface area contributed by atoms with E-state index in [2.05, 4.69) is 20.4 Å². The summed E-state index contributed by atoms with van der Waals surface area (Å²) in [6.07, 6.45) is 1.04. The monoisotopic (exact) mass is 959 g/mol. The van der Waals surface area contributed by atoms with Crippen molar-refractivity contribution in [3.63, 3.8) is 0 Å². The zero-order valence-electron chi connectivity index (χ0n) is 38.3. The summed E-state index contributed by atoms with van der Waals surface area (Å²) in [5, 5.41) is 25.1. The zero-order valence-corrected chi connectivity index (χ0v) is 41.0. The number of aromatic nitrogens is 4. The van der Waals surface area contributed by atoms with Crippen molar-refractivity contribution in [3.8, 4) is 17.1 Å². The minimum atomic E-state index is -4.82. The second kappa shape index (κ2) is 21.4. The smallest absolute Gasteiger partial charge is 0.404 e. The number of methoxy groups -OCH3 is 1. The lowest BCUT2D eigenvalue weighted by atomic mass is 10.0. The predicted octanol–water partition coefficient (Wildman–Crippen LogP) is 6.21. The van der Waals surface area contributed by atoms with Crippen molar-refractivity contribution < 1.29 is 35.9 Å². The number of tetrazole rings is 1. The van der Waals surface area contributed by atoms with Crippen molar-refractivity contribution in [1.29, 1.82) is 0 Å². The summed E-state index contributed by atoms with van der Waals surface area (Å²) in [4.78, 5) is 14.0. The Hall–Kier alpha value is -5.48. The summed E-state index contributed by atoms with van der Waals surface area (Å²) in [5.41, 5.74) is 9.58. The molecule has 2 heterocycles. The molecular weight excluding hydrogens is 899 g/mol. The van der Waals surface area contributed by atoms with Crippen LogP contribution >= 0.6 is 0 Å². The van der Waals surface area contributed by atoms with Crippen molar-refractivity contribution >= 4 is 40.1 Å². The van der Waals surface area contributed by atoms with Crippen LogP contribution in [-0.4, -0.2) is 107 Å². The molecule has 5 N–H and O–H groups in total. The molecule has 66 heavy (non-hydrogen) atoms. The number of carbonyl (C=O) groups is 1. The predicted molar refractivity (Wildman–Crippen MR) is 257 cm³/mol. The Balaban J connectivity index is 1.56. The van der Waals surface area contributed by atoms with Crippen LogP contribution in [0.1, 0.15) is 50.3 Å². The number of sulfonamides is 2. The van der Waals surface area contributed by atoms with Crippen LogP contribution in [-0.2, 0) is 44.1 Å². The topological polar surface area (TPSA) is 224 Å². The highest BCUT2D eigenvalue weighted by Gasteiger charge is 2.41. The van der Waals surface area contributed by atoms with E-state index in [1.807, 2.05) is 118 Å². The van der Waals surface area contributed by atoms with Crippen LogP contribution in [0.4, 0.5) is 10.5 Å². The highest BCUT2D eigenvalue weighted by Crippen LogP contribution is 2.42. The maximum absolute atomic E-state index is 15.9. The Morgan fingerprint density at radius 1 is 0.894 bits per heavy atom. The van der Waals surface area contributed by atoms with Crippen LogP contribution in [0.2, 0.25) is 18.1 Å². The lowest BCUT2D eigenvalue weighted by Gasteiger charge is -2.39. The fraction of sp³-hybridized carbons (Fsp3) is 0.391. The van der Waals surface area contributed by atoms with Gasteiger partial charge in [-0.25, -0.2) is 26.4 Å². The number of nitrogens with one attached hydrogen (secondary N) is 2. The number of hydrogen-bond donors (Lipinski definition) is 4. The molecule has 5 aromatic rings. The Kier molecular flexibility index (Phi) is 16.2. The van der Waals surface area contributed by atoms with Crippen LogP contribution in [0.5, 0.6) is 5.75 Å². The molecule has 1 unspecified atom stereocenters. The molecular formula is C46H61N9O8S2Si. The Bertz CT molecular complexity index is 2630. The van der Waals surface area contributed by atoms with E-state index in [1.165, 1.54) is 20.7 Å². The summed E-state index contributed by atoms with van der Waals surface area (Å²) in [5.74, 6) is 0.566. The summed E-state index contributed by atoms with van der Waals surface area (Å²) in [7, 11) is -10.6. The average Bonchev–Trinajstić information content (AvgIpc) is 3.75. The van der Waals surface area contributed by atoms with Gasteiger partial charge in [-0.3, -0.25) is 0 Å². The van der Waals surface area contributed by atoms with Gasteiger partial charge in [-0.05, 0) is 77.1 Å². The van der Waals surface area contributed by atoms with Crippen molar-refractivity contribution in [2.75, 3.05) is 44.7 Å². The molecule has 1 atom stereocenters. The van der Waals surface area contributed by atoms with Crippen molar-refractivity contribution in [3.05, 3.63) is 125 Å². The highest BCUT2D eigenvalue weighted by molar-refractivity contribution is 7.92. The normalized spacial score (nSPS) is 14.3. The zero-order chi connectivity index (χ0) is 47.7. The van der Waals surface area contributed by atoms with Gasteiger partial charge in [0.2, 0.25) is 25.9 Å². The van der Waals surface area contributed by atoms with Crippen LogP contribution in [0.15, 0.2) is 119 Å². The molecule has 0 saturated carbocycles. The molecule has 6 rings (SSSR count). The first-order valence-corrected chi connectivity index (χ1v) is 27.6. The molecule has 1 aliphatic rings. The molecule has 1 aromatic heterocycles. The summed E-state index contributed by atoms with van der Waals surface area (Å²) in [6, 6.07) is 28.3. The molecule has 17 nitrogen and oxygen atoms in total. The van der Waals surface area contributed by atoms with E-state index >= 15 is 16.8 Å². The second-order valence-corrected chi connectivity index (χ2v) is 26.0. The first kappa shape index (κ1) is 49.9. The van der Waals surface area contributed by atoms with Gasteiger partial charge in [-0.1, -0.05) is 105 Å². The Labute approximate surface area is 389 Å². The van der Waals surface area contributed by atoms with Crippen LogP contribution in [0, 0.1) is 0 Å². The minimum absolute atomic E-state index is 0.0298. The van der Waals surface area contributed by atoms with E-state index in [9.17, 15) is 9.90 Å². The fourth-order valence-electron chi connectivity index (χ4n) is 7.37. The summed E-state index contributed by atoms with van der Waals surface area (Å²) >= 11 is 0. The number of amides is 1. The lowest BCUT2D eigenvalue weighted by Crippen LogP contribution is -2.50. The van der Waals surface area contributed by atoms with E-state index < -0.39 is 50.4 Å². The van der Waals surface area contributed by atoms with Gasteiger partial charge in [0, 0.05) is 51.5 Å². The third-order valence-corrected chi connectivity index (χ3v) is 20.0. The van der Waals surface area contributed by atoms with Crippen molar-refractivity contribution in [1.82, 2.24) is 34.6 Å². The number of rotatable bonds is 20. The quantitative estimate of drug-likeness (QED) is 0.0504. The van der Waals surface area contributed by atoms with Gasteiger partial charge in [0.1, 0.15) is 15.5 Å². The van der Waals surface area contributed by atoms with Gasteiger partial charge < -0.3 is 30.2 Å². The molecule has 0 radical (unpaired) electrons. The number of benzene rings is 4. The fourth-order valence-corrected chi connectivity index (χ4v) is 12.2. The minimum Gasteiger partial charge on any atom is -0.497 e. The van der Waals surface area contributed by atoms with E-state index in [1.54, 1.807) is 25.3 Å². The number of ether oxygens (including phenoxy) is 1. The van der Waals surface area contributed by atoms with E-state index in [0.29, 0.717) is 55.0 Å². The molecule has 20 heteroatoms. The number of carboxylic acid groups (broad SMARTS) is 1. The molecule has 0 bridgehead atoms. The molecule has 1 saturated heterocycles. The number of nitrogens with zero attached hydrogens (tertiary/aromatic N) is 6. The number of piperidine rings is 1. The largest absolute Gasteiger partial charge is 0.497 e. The van der Waals surface area contributed by atoms with Gasteiger partial charge in [0.05, 0.1) is 25.3 Å². The van der Waals surface area contributed by atoms with E-state index in [0.717, 1.165) is 5.56 Å². The SMILES string of the molecule is COc1ccc(Cn2nnc(-c3c(N4CCC(=CCN)CC4)ccc(S(=O)(=O)NCC(CNC(=O)O)O[Si](C)(C)C(C)(C)C)c3S(=O)(=O)N(Cc3ccccc3)Cc3ccccc3)n2)cc1. The lowest BCUT2D eigenvalue weighted by molar-refractivity contribution is 0.163. The van der Waals surface area contributed by atoms with Crippen molar-refractivity contribution in [2.24, 2.45) is 5.73 Å². The average molecular weight is 960 g/mol. The van der Waals surface area contributed by atoms with Gasteiger partial charge in [0.15, 0.2) is 8.32 Å². The molecule has 1 fully saturated rings. The van der Waals surface area contributed by atoms with Gasteiger partial charge in [0.25, 0.3) is 0 Å². The van der Waals surface area contributed by atoms with Crippen LogP contribution < -0.4 is 25.4 Å². The second-order valence-electron chi connectivity index (χ2n) is 17.6. The molecule has 0 aliphatic carbocycles. The van der Waals surface area contributed by atoms with Crippen molar-refractivity contribution in [2.45, 2.75) is 87.3 Å². The van der Waals surface area contributed by atoms with Gasteiger partial charge >= 0.3 is 6.09 Å². The van der Waals surface area contributed by atoms with Crippen LogP contribution in [0.25, 0.3) is 11.4 Å². The highest BCUT2D eigenvalue weighted by atomic mass is 32.2. The molecule has 0 spiro atoms. The molecule has 1 amide bonds. The third-order valence-electron chi connectivity index (χ3n) is 12.0. The molecule has 4 aromatic carbocycles. The standard InChI is InChI=1S/C46H61N9O8S2Si/c1-46(2,3)66(5,6)63-39(29-48-45(56)57)30-49-64(58,59)41-22-21-40(53-27-24-34(23-26-47)25-28-53)42(44-50-52-55(51-44)33-37-17-19-38(62-4)20-18-37)43(41)65(60,61)54(31-35-13-9-7-10-14-35)32-36-15-11-8-12-16-36/h7-23,39,48-49H,24-33,47H2,1-6H3,(H,56,57). The number of nitrogens with two attached hydrogens (primary N) is 1. The van der Waals surface area contributed by atoms with Crippen LogP contribution in [0.3, 0.4) is 0 Å². The maximum Gasteiger partial charge on any atom is 0.404 e. The first-order valence-electron chi connectivity index (χ1n) is 21.7. The van der Waals surface area contributed by atoms with Gasteiger partial charge in [-0.2, -0.15) is 9.10 Å². The third kappa shape index (κ3) is 12.5. The Morgan fingerprint density at radius 2 is 1.50 bits per heavy atom. The van der Waals surface area contributed by atoms with E-state index in [-0.39, 0.29) is 49.1 Å². The Morgan fingerprint density at radius 3 is 2.05 bits per heavy atom. The molecule has 1 aliphatic heterocycles. The number of hydrogen-bond acceptors (Lipinski definition) is 12. The first-order chi connectivity index (χ1) is 31.3. The summed E-state index contributed by atoms with van der Waals surface area (Å²) in [6.45, 7) is 10.7.